The van der Waals surface area contributed by atoms with Gasteiger partial charge in [0.25, 0.3) is 5.89 Å². The van der Waals surface area contributed by atoms with Crippen LogP contribution in [-0.4, -0.2) is 15.1 Å². The van der Waals surface area contributed by atoms with Gasteiger partial charge >= 0.3 is 0 Å². The van der Waals surface area contributed by atoms with Crippen LogP contribution in [0.5, 0.6) is 0 Å². The van der Waals surface area contributed by atoms with Gasteiger partial charge in [0.15, 0.2) is 5.82 Å². The molecule has 0 spiro atoms. The number of hydrogen-bond acceptors (Lipinski definition) is 4. The number of halogens is 1. The fourth-order valence-electron chi connectivity index (χ4n) is 2.47. The van der Waals surface area contributed by atoms with Crippen molar-refractivity contribution < 1.29 is 4.52 Å². The van der Waals surface area contributed by atoms with E-state index in [2.05, 4.69) is 57.0 Å². The molecule has 1 unspecified atom stereocenters. The highest BCUT2D eigenvalue weighted by molar-refractivity contribution is 9.10. The summed E-state index contributed by atoms with van der Waals surface area (Å²) < 4.78 is 6.53. The standard InChI is InChI=1S/C18H18BrN3O/c1-4-18(3,14-7-9-15(19)10-8-14)17-21-16(23-22-17)13-6-5-12(2)20-11-13/h5-11H,4H2,1-3H3. The van der Waals surface area contributed by atoms with Crippen LogP contribution in [0.1, 0.15) is 37.4 Å². The van der Waals surface area contributed by atoms with Crippen molar-refractivity contribution in [3.8, 4) is 11.5 Å². The molecule has 0 bridgehead atoms. The lowest BCUT2D eigenvalue weighted by molar-refractivity contribution is 0.398. The van der Waals surface area contributed by atoms with Gasteiger partial charge < -0.3 is 4.52 Å². The van der Waals surface area contributed by atoms with E-state index >= 15 is 0 Å². The van der Waals surface area contributed by atoms with E-state index in [1.165, 1.54) is 0 Å². The first-order valence-electron chi connectivity index (χ1n) is 7.56. The van der Waals surface area contributed by atoms with Gasteiger partial charge in [0.05, 0.1) is 11.0 Å². The molecule has 0 radical (unpaired) electrons. The van der Waals surface area contributed by atoms with Gasteiger partial charge in [-0.05, 0) is 50.1 Å². The summed E-state index contributed by atoms with van der Waals surface area (Å²) in [7, 11) is 0. The molecular weight excluding hydrogens is 354 g/mol. The van der Waals surface area contributed by atoms with Gasteiger partial charge in [-0.15, -0.1) is 0 Å². The second-order valence-electron chi connectivity index (χ2n) is 5.80. The van der Waals surface area contributed by atoms with Crippen molar-refractivity contribution in [3.63, 3.8) is 0 Å². The lowest BCUT2D eigenvalue weighted by atomic mass is 9.79. The summed E-state index contributed by atoms with van der Waals surface area (Å²) in [5.74, 6) is 1.20. The number of aryl methyl sites for hydroxylation is 1. The number of pyridine rings is 1. The van der Waals surface area contributed by atoms with Crippen molar-refractivity contribution in [3.05, 3.63) is 64.1 Å². The molecule has 3 rings (SSSR count). The van der Waals surface area contributed by atoms with E-state index in [0.717, 1.165) is 27.7 Å². The Hall–Kier alpha value is -2.01. The molecule has 0 saturated carbocycles. The largest absolute Gasteiger partial charge is 0.334 e. The molecule has 4 nitrogen and oxygen atoms in total. The minimum atomic E-state index is -0.291. The smallest absolute Gasteiger partial charge is 0.259 e. The molecule has 1 aromatic carbocycles. The van der Waals surface area contributed by atoms with Crippen LogP contribution >= 0.6 is 15.9 Å². The summed E-state index contributed by atoms with van der Waals surface area (Å²) in [5.41, 5.74) is 2.67. The third-order valence-electron chi connectivity index (χ3n) is 4.27. The highest BCUT2D eigenvalue weighted by Crippen LogP contribution is 2.34. The maximum Gasteiger partial charge on any atom is 0.259 e. The number of nitrogens with zero attached hydrogens (tertiary/aromatic N) is 3. The molecule has 118 valence electrons. The maximum atomic E-state index is 5.47. The van der Waals surface area contributed by atoms with Crippen LogP contribution in [0.3, 0.4) is 0 Å². The Kier molecular flexibility index (Phi) is 4.31. The lowest BCUT2D eigenvalue weighted by Gasteiger charge is -2.25. The fourth-order valence-corrected chi connectivity index (χ4v) is 2.73. The normalized spacial score (nSPS) is 13.7. The van der Waals surface area contributed by atoms with Crippen LogP contribution in [-0.2, 0) is 5.41 Å². The molecular formula is C18H18BrN3O. The summed E-state index contributed by atoms with van der Waals surface area (Å²) in [4.78, 5) is 8.90. The fraction of sp³-hybridized carbons (Fsp3) is 0.278. The van der Waals surface area contributed by atoms with Gasteiger partial charge in [0, 0.05) is 16.4 Å². The maximum absolute atomic E-state index is 5.47. The van der Waals surface area contributed by atoms with Gasteiger partial charge in [-0.25, -0.2) is 0 Å². The predicted molar refractivity (Wildman–Crippen MR) is 93.2 cm³/mol. The zero-order valence-electron chi connectivity index (χ0n) is 13.4. The second kappa shape index (κ2) is 6.24. The highest BCUT2D eigenvalue weighted by Gasteiger charge is 2.32. The molecule has 0 aliphatic heterocycles. The quantitative estimate of drug-likeness (QED) is 0.652. The third-order valence-corrected chi connectivity index (χ3v) is 4.79. The minimum Gasteiger partial charge on any atom is -0.334 e. The van der Waals surface area contributed by atoms with Crippen molar-refractivity contribution in [1.82, 2.24) is 15.1 Å². The number of aromatic nitrogens is 3. The van der Waals surface area contributed by atoms with Crippen LogP contribution < -0.4 is 0 Å². The molecule has 5 heteroatoms. The Morgan fingerprint density at radius 1 is 1.13 bits per heavy atom. The Bertz CT molecular complexity index is 796. The highest BCUT2D eigenvalue weighted by atomic mass is 79.9. The first kappa shape index (κ1) is 15.9. The van der Waals surface area contributed by atoms with E-state index in [1.807, 2.05) is 31.2 Å². The van der Waals surface area contributed by atoms with Crippen LogP contribution in [0.15, 0.2) is 51.6 Å². The summed E-state index contributed by atoms with van der Waals surface area (Å²) in [6.45, 7) is 6.22. The molecule has 1 atom stereocenters. The molecule has 0 amide bonds. The molecule has 2 heterocycles. The number of rotatable bonds is 4. The van der Waals surface area contributed by atoms with Crippen molar-refractivity contribution in [2.45, 2.75) is 32.6 Å². The Morgan fingerprint density at radius 3 is 2.48 bits per heavy atom. The summed E-state index contributed by atoms with van der Waals surface area (Å²) >= 11 is 3.47. The zero-order valence-corrected chi connectivity index (χ0v) is 15.0. The van der Waals surface area contributed by atoms with Crippen molar-refractivity contribution in [1.29, 1.82) is 0 Å². The molecule has 0 saturated heterocycles. The van der Waals surface area contributed by atoms with Crippen LogP contribution in [0, 0.1) is 6.92 Å². The van der Waals surface area contributed by atoms with Crippen LogP contribution in [0.2, 0.25) is 0 Å². The molecule has 0 aliphatic carbocycles. The summed E-state index contributed by atoms with van der Waals surface area (Å²) in [6, 6.07) is 12.1. The Balaban J connectivity index is 1.99. The first-order valence-corrected chi connectivity index (χ1v) is 8.35. The number of benzene rings is 1. The van der Waals surface area contributed by atoms with Gasteiger partial charge in [-0.1, -0.05) is 40.1 Å². The lowest BCUT2D eigenvalue weighted by Crippen LogP contribution is -2.24. The molecule has 23 heavy (non-hydrogen) atoms. The molecule has 0 aliphatic rings. The average molecular weight is 372 g/mol. The third kappa shape index (κ3) is 3.06. The van der Waals surface area contributed by atoms with E-state index in [1.54, 1.807) is 6.20 Å². The molecule has 3 aromatic rings. The number of hydrogen-bond donors (Lipinski definition) is 0. The molecule has 0 N–H and O–H groups in total. The van der Waals surface area contributed by atoms with Crippen LogP contribution in [0.25, 0.3) is 11.5 Å². The zero-order chi connectivity index (χ0) is 16.4. The second-order valence-corrected chi connectivity index (χ2v) is 6.72. The van der Waals surface area contributed by atoms with Crippen molar-refractivity contribution in [2.24, 2.45) is 0 Å². The topological polar surface area (TPSA) is 51.8 Å². The summed E-state index contributed by atoms with van der Waals surface area (Å²) in [6.07, 6.45) is 2.63. The van der Waals surface area contributed by atoms with Gasteiger partial charge in [-0.2, -0.15) is 4.98 Å². The molecule has 2 aromatic heterocycles. The van der Waals surface area contributed by atoms with E-state index in [4.69, 9.17) is 4.52 Å². The van der Waals surface area contributed by atoms with Crippen molar-refractivity contribution in [2.75, 3.05) is 0 Å². The van der Waals surface area contributed by atoms with Crippen LogP contribution in [0.4, 0.5) is 0 Å². The van der Waals surface area contributed by atoms with Gasteiger partial charge in [-0.3, -0.25) is 4.98 Å². The Morgan fingerprint density at radius 2 is 1.87 bits per heavy atom. The predicted octanol–water partition coefficient (Wildman–Crippen LogP) is 4.92. The SMILES string of the molecule is CCC(C)(c1ccc(Br)cc1)c1noc(-c2ccc(C)nc2)n1. The van der Waals surface area contributed by atoms with Gasteiger partial charge in [0.1, 0.15) is 0 Å². The Labute approximate surface area is 144 Å². The average Bonchev–Trinajstić information content (AvgIpc) is 3.06. The monoisotopic (exact) mass is 371 g/mol. The van der Waals surface area contributed by atoms with E-state index in [0.29, 0.717) is 11.7 Å². The van der Waals surface area contributed by atoms with Crippen molar-refractivity contribution >= 4 is 15.9 Å². The molecule has 0 fully saturated rings. The van der Waals surface area contributed by atoms with E-state index in [-0.39, 0.29) is 5.41 Å². The van der Waals surface area contributed by atoms with E-state index < -0.39 is 0 Å². The minimum absolute atomic E-state index is 0.291. The summed E-state index contributed by atoms with van der Waals surface area (Å²) in [5, 5.41) is 4.23. The van der Waals surface area contributed by atoms with Gasteiger partial charge in [0.2, 0.25) is 0 Å². The van der Waals surface area contributed by atoms with E-state index in [9.17, 15) is 0 Å². The first-order chi connectivity index (χ1) is 11.0.